The Balaban J connectivity index is 1.83. The van der Waals surface area contributed by atoms with Crippen molar-refractivity contribution >= 4 is 12.0 Å². The maximum Gasteiger partial charge on any atom is 0.315 e. The van der Waals surface area contributed by atoms with Gasteiger partial charge in [-0.25, -0.2) is 4.79 Å². The van der Waals surface area contributed by atoms with Crippen LogP contribution in [0.3, 0.4) is 0 Å². The van der Waals surface area contributed by atoms with E-state index in [9.17, 15) is 9.59 Å². The molecule has 17 heavy (non-hydrogen) atoms. The van der Waals surface area contributed by atoms with E-state index < -0.39 is 17.9 Å². The first-order chi connectivity index (χ1) is 8.00. The lowest BCUT2D eigenvalue weighted by molar-refractivity contribution is -0.142. The van der Waals surface area contributed by atoms with Gasteiger partial charge in [0.25, 0.3) is 0 Å². The van der Waals surface area contributed by atoms with Gasteiger partial charge in [0.15, 0.2) is 0 Å². The van der Waals surface area contributed by atoms with Gasteiger partial charge in [-0.15, -0.1) is 0 Å². The van der Waals surface area contributed by atoms with E-state index in [2.05, 4.69) is 10.6 Å². The molecule has 0 radical (unpaired) electrons. The summed E-state index contributed by atoms with van der Waals surface area (Å²) in [6.45, 7) is 2.43. The molecule has 0 bridgehead atoms. The summed E-state index contributed by atoms with van der Waals surface area (Å²) >= 11 is 0. The molecule has 2 rings (SSSR count). The van der Waals surface area contributed by atoms with Crippen LogP contribution >= 0.6 is 0 Å². The summed E-state index contributed by atoms with van der Waals surface area (Å²) in [6, 6.07) is -0.731. The lowest BCUT2D eigenvalue weighted by atomic mass is 9.79. The van der Waals surface area contributed by atoms with Gasteiger partial charge in [0, 0.05) is 5.54 Å². The second-order valence-corrected chi connectivity index (χ2v) is 5.10. The summed E-state index contributed by atoms with van der Waals surface area (Å²) in [5, 5.41) is 14.5. The summed E-state index contributed by atoms with van der Waals surface area (Å²) in [4.78, 5) is 22.6. The van der Waals surface area contributed by atoms with Crippen molar-refractivity contribution in [1.82, 2.24) is 10.6 Å². The van der Waals surface area contributed by atoms with Crippen LogP contribution in [0.4, 0.5) is 4.79 Å². The van der Waals surface area contributed by atoms with E-state index in [1.165, 1.54) is 0 Å². The Morgan fingerprint density at radius 2 is 2.06 bits per heavy atom. The Bertz CT molecular complexity index is 327. The highest BCUT2D eigenvalue weighted by atomic mass is 16.5. The van der Waals surface area contributed by atoms with Gasteiger partial charge in [-0.2, -0.15) is 0 Å². The zero-order valence-electron chi connectivity index (χ0n) is 9.86. The van der Waals surface area contributed by atoms with E-state index >= 15 is 0 Å². The summed E-state index contributed by atoms with van der Waals surface area (Å²) in [5.41, 5.74) is -0.123. The fraction of sp³-hybridized carbons (Fsp3) is 0.818. The Labute approximate surface area is 99.7 Å². The van der Waals surface area contributed by atoms with E-state index in [4.69, 9.17) is 9.84 Å². The van der Waals surface area contributed by atoms with E-state index in [0.717, 1.165) is 19.3 Å². The van der Waals surface area contributed by atoms with E-state index in [-0.39, 0.29) is 24.8 Å². The van der Waals surface area contributed by atoms with Crippen LogP contribution in [-0.2, 0) is 9.53 Å². The Morgan fingerprint density at radius 3 is 2.59 bits per heavy atom. The van der Waals surface area contributed by atoms with Crippen LogP contribution in [-0.4, -0.2) is 41.9 Å². The van der Waals surface area contributed by atoms with Crippen LogP contribution in [0, 0.1) is 5.92 Å². The van der Waals surface area contributed by atoms with Gasteiger partial charge in [-0.05, 0) is 26.2 Å². The van der Waals surface area contributed by atoms with Crippen LogP contribution in [0.1, 0.15) is 26.2 Å². The topological polar surface area (TPSA) is 87.7 Å². The number of nitrogens with one attached hydrogen (secondary N) is 2. The number of carboxylic acid groups (broad SMARTS) is 1. The molecular weight excluding hydrogens is 224 g/mol. The van der Waals surface area contributed by atoms with Gasteiger partial charge >= 0.3 is 12.0 Å². The van der Waals surface area contributed by atoms with Crippen LogP contribution in [0.2, 0.25) is 0 Å². The molecule has 6 nitrogen and oxygen atoms in total. The zero-order chi connectivity index (χ0) is 12.5. The van der Waals surface area contributed by atoms with Gasteiger partial charge in [-0.1, -0.05) is 0 Å². The highest BCUT2D eigenvalue weighted by Gasteiger charge is 2.37. The first-order valence-electron chi connectivity index (χ1n) is 5.89. The molecule has 1 aliphatic carbocycles. The van der Waals surface area contributed by atoms with Gasteiger partial charge < -0.3 is 20.5 Å². The fourth-order valence-electron chi connectivity index (χ4n) is 2.25. The molecular formula is C11H18N2O4. The molecule has 96 valence electrons. The van der Waals surface area contributed by atoms with Gasteiger partial charge in [0.1, 0.15) is 5.92 Å². The van der Waals surface area contributed by atoms with Gasteiger partial charge in [0.05, 0.1) is 19.3 Å². The predicted octanol–water partition coefficient (Wildman–Crippen LogP) is 0.328. The SMILES string of the molecule is CC1(NC(=O)NC2COCC2C(=O)O)CCC1. The maximum absolute atomic E-state index is 11.7. The minimum Gasteiger partial charge on any atom is -0.481 e. The quantitative estimate of drug-likeness (QED) is 0.665. The molecule has 1 saturated heterocycles. The minimum atomic E-state index is -0.928. The standard InChI is InChI=1S/C11H18N2O4/c1-11(3-2-4-11)13-10(16)12-8-6-17-5-7(8)9(14)15/h7-8H,2-6H2,1H3,(H,14,15)(H2,12,13,16). The lowest BCUT2D eigenvalue weighted by Gasteiger charge is -2.39. The van der Waals surface area contributed by atoms with Crippen LogP contribution in [0.5, 0.6) is 0 Å². The Morgan fingerprint density at radius 1 is 1.35 bits per heavy atom. The molecule has 2 atom stereocenters. The average Bonchev–Trinajstić information content (AvgIpc) is 2.63. The summed E-state index contributed by atoms with van der Waals surface area (Å²) in [7, 11) is 0. The first-order valence-corrected chi connectivity index (χ1v) is 5.89. The third-order valence-electron chi connectivity index (χ3n) is 3.59. The second-order valence-electron chi connectivity index (χ2n) is 5.10. The molecule has 0 spiro atoms. The van der Waals surface area contributed by atoms with Crippen molar-refractivity contribution in [1.29, 1.82) is 0 Å². The number of amides is 2. The predicted molar refractivity (Wildman–Crippen MR) is 59.7 cm³/mol. The van der Waals surface area contributed by atoms with Crippen molar-refractivity contribution in [3.05, 3.63) is 0 Å². The number of hydrogen-bond acceptors (Lipinski definition) is 3. The monoisotopic (exact) mass is 242 g/mol. The number of carbonyl (C=O) groups excluding carboxylic acids is 1. The van der Waals surface area contributed by atoms with E-state index in [1.807, 2.05) is 6.92 Å². The molecule has 3 N–H and O–H groups in total. The second kappa shape index (κ2) is 4.52. The summed E-state index contributed by atoms with van der Waals surface area (Å²) in [6.07, 6.45) is 3.08. The normalized spacial score (nSPS) is 30.4. The first kappa shape index (κ1) is 12.2. The molecule has 2 unspecified atom stereocenters. The summed E-state index contributed by atoms with van der Waals surface area (Å²) in [5.74, 6) is -1.57. The van der Waals surface area contributed by atoms with Crippen LogP contribution in [0.15, 0.2) is 0 Å². The average molecular weight is 242 g/mol. The molecule has 2 amide bonds. The number of ether oxygens (including phenoxy) is 1. The number of hydrogen-bond donors (Lipinski definition) is 3. The van der Waals surface area contributed by atoms with Crippen molar-refractivity contribution in [3.8, 4) is 0 Å². The molecule has 0 aromatic heterocycles. The van der Waals surface area contributed by atoms with Crippen molar-refractivity contribution in [2.75, 3.05) is 13.2 Å². The van der Waals surface area contributed by atoms with Crippen molar-refractivity contribution < 1.29 is 19.4 Å². The third kappa shape index (κ3) is 2.69. The third-order valence-corrected chi connectivity index (χ3v) is 3.59. The molecule has 6 heteroatoms. The van der Waals surface area contributed by atoms with E-state index in [1.54, 1.807) is 0 Å². The van der Waals surface area contributed by atoms with E-state index in [0.29, 0.717) is 0 Å². The number of urea groups is 1. The molecule has 1 aliphatic heterocycles. The minimum absolute atomic E-state index is 0.123. The Kier molecular flexibility index (Phi) is 3.24. The number of aliphatic carboxylic acids is 1. The number of carbonyl (C=O) groups is 2. The van der Waals surface area contributed by atoms with Gasteiger partial charge in [0.2, 0.25) is 0 Å². The highest BCUT2D eigenvalue weighted by Crippen LogP contribution is 2.30. The van der Waals surface area contributed by atoms with Crippen molar-refractivity contribution in [2.24, 2.45) is 5.92 Å². The molecule has 0 aromatic carbocycles. The molecule has 1 heterocycles. The lowest BCUT2D eigenvalue weighted by Crippen LogP contribution is -2.57. The Hall–Kier alpha value is -1.30. The van der Waals surface area contributed by atoms with Crippen molar-refractivity contribution in [2.45, 2.75) is 37.8 Å². The van der Waals surface area contributed by atoms with Crippen molar-refractivity contribution in [3.63, 3.8) is 0 Å². The summed E-state index contributed by atoms with van der Waals surface area (Å²) < 4.78 is 5.08. The van der Waals surface area contributed by atoms with Crippen LogP contribution < -0.4 is 10.6 Å². The molecule has 0 aromatic rings. The smallest absolute Gasteiger partial charge is 0.315 e. The largest absolute Gasteiger partial charge is 0.481 e. The van der Waals surface area contributed by atoms with Crippen LogP contribution in [0.25, 0.3) is 0 Å². The number of carboxylic acids is 1. The maximum atomic E-state index is 11.7. The zero-order valence-corrected chi connectivity index (χ0v) is 9.86. The molecule has 2 aliphatic rings. The molecule has 2 fully saturated rings. The number of rotatable bonds is 3. The van der Waals surface area contributed by atoms with Gasteiger partial charge in [-0.3, -0.25) is 4.79 Å². The fourth-order valence-corrected chi connectivity index (χ4v) is 2.25. The molecule has 1 saturated carbocycles. The highest BCUT2D eigenvalue weighted by molar-refractivity contribution is 5.77.